The van der Waals surface area contributed by atoms with Crippen LogP contribution in [0.25, 0.3) is 0 Å². The fourth-order valence-electron chi connectivity index (χ4n) is 1.18. The van der Waals surface area contributed by atoms with Gasteiger partial charge in [0.2, 0.25) is 0 Å². The highest BCUT2D eigenvalue weighted by atomic mass is 16.4. The normalized spacial score (nSPS) is 11.6. The predicted octanol–water partition coefficient (Wildman–Crippen LogP) is 1.46. The molecule has 0 fully saturated rings. The van der Waals surface area contributed by atoms with Gasteiger partial charge in [-0.3, -0.25) is 4.79 Å². The van der Waals surface area contributed by atoms with Crippen molar-refractivity contribution in [3.8, 4) is 0 Å². The Morgan fingerprint density at radius 3 is 2.62 bits per heavy atom. The van der Waals surface area contributed by atoms with Crippen molar-refractivity contribution in [1.29, 1.82) is 0 Å². The lowest BCUT2D eigenvalue weighted by Crippen LogP contribution is -2.43. The Kier molecular flexibility index (Phi) is 7.00. The molecule has 0 aliphatic heterocycles. The molecule has 2 amide bonds. The largest absolute Gasteiger partial charge is 0.481 e. The molecule has 2 N–H and O–H groups in total. The first-order valence-electron chi connectivity index (χ1n) is 5.35. The first kappa shape index (κ1) is 14.5. The Balaban J connectivity index is 4.01. The minimum atomic E-state index is -0.905. The zero-order valence-corrected chi connectivity index (χ0v) is 9.90. The fourth-order valence-corrected chi connectivity index (χ4v) is 1.18. The van der Waals surface area contributed by atoms with E-state index in [1.165, 1.54) is 4.90 Å². The van der Waals surface area contributed by atoms with Crippen molar-refractivity contribution in [1.82, 2.24) is 10.2 Å². The summed E-state index contributed by atoms with van der Waals surface area (Å²) < 4.78 is 0. The SMILES string of the molecule is C=CCC(CC)NC(=O)N(C)CCC(=O)O. The van der Waals surface area contributed by atoms with Crippen molar-refractivity contribution in [3.05, 3.63) is 12.7 Å². The van der Waals surface area contributed by atoms with Gasteiger partial charge in [-0.25, -0.2) is 4.79 Å². The number of nitrogens with one attached hydrogen (secondary N) is 1. The van der Waals surface area contributed by atoms with E-state index >= 15 is 0 Å². The molecule has 0 saturated heterocycles. The van der Waals surface area contributed by atoms with Crippen LogP contribution in [0, 0.1) is 0 Å². The van der Waals surface area contributed by atoms with Gasteiger partial charge < -0.3 is 15.3 Å². The zero-order valence-electron chi connectivity index (χ0n) is 9.90. The van der Waals surface area contributed by atoms with E-state index < -0.39 is 5.97 Å². The van der Waals surface area contributed by atoms with Crippen LogP contribution in [0.1, 0.15) is 26.2 Å². The Bertz CT molecular complexity index is 254. The maximum absolute atomic E-state index is 11.6. The topological polar surface area (TPSA) is 69.6 Å². The maximum Gasteiger partial charge on any atom is 0.317 e. The number of hydrogen-bond donors (Lipinski definition) is 2. The number of urea groups is 1. The average Bonchev–Trinajstić information content (AvgIpc) is 2.24. The summed E-state index contributed by atoms with van der Waals surface area (Å²) in [6.07, 6.45) is 3.26. The van der Waals surface area contributed by atoms with Crippen molar-refractivity contribution in [3.63, 3.8) is 0 Å². The summed E-state index contributed by atoms with van der Waals surface area (Å²) in [4.78, 5) is 23.3. The van der Waals surface area contributed by atoms with Gasteiger partial charge in [-0.2, -0.15) is 0 Å². The molecule has 0 aromatic rings. The number of carbonyl (C=O) groups is 2. The van der Waals surface area contributed by atoms with Crippen LogP contribution in [0.3, 0.4) is 0 Å². The molecule has 5 nitrogen and oxygen atoms in total. The first-order chi connectivity index (χ1) is 7.51. The maximum atomic E-state index is 11.6. The molecule has 16 heavy (non-hydrogen) atoms. The molecule has 92 valence electrons. The summed E-state index contributed by atoms with van der Waals surface area (Å²) >= 11 is 0. The fraction of sp³-hybridized carbons (Fsp3) is 0.636. The van der Waals surface area contributed by atoms with E-state index in [4.69, 9.17) is 5.11 Å². The van der Waals surface area contributed by atoms with E-state index in [-0.39, 0.29) is 25.0 Å². The monoisotopic (exact) mass is 228 g/mol. The third-order valence-corrected chi connectivity index (χ3v) is 2.28. The lowest BCUT2D eigenvalue weighted by molar-refractivity contribution is -0.137. The lowest BCUT2D eigenvalue weighted by Gasteiger charge is -2.21. The minimum Gasteiger partial charge on any atom is -0.481 e. The van der Waals surface area contributed by atoms with Crippen LogP contribution >= 0.6 is 0 Å². The van der Waals surface area contributed by atoms with Gasteiger partial charge >= 0.3 is 12.0 Å². The second-order valence-electron chi connectivity index (χ2n) is 3.64. The van der Waals surface area contributed by atoms with Crippen molar-refractivity contribution < 1.29 is 14.7 Å². The summed E-state index contributed by atoms with van der Waals surface area (Å²) in [7, 11) is 1.58. The van der Waals surface area contributed by atoms with E-state index in [9.17, 15) is 9.59 Å². The van der Waals surface area contributed by atoms with Crippen LogP contribution < -0.4 is 5.32 Å². The highest BCUT2D eigenvalue weighted by Gasteiger charge is 2.13. The van der Waals surface area contributed by atoms with E-state index in [0.29, 0.717) is 0 Å². The van der Waals surface area contributed by atoms with Gasteiger partial charge in [-0.05, 0) is 12.8 Å². The molecule has 0 aliphatic carbocycles. The first-order valence-corrected chi connectivity index (χ1v) is 5.35. The van der Waals surface area contributed by atoms with Crippen molar-refractivity contribution >= 4 is 12.0 Å². The van der Waals surface area contributed by atoms with Crippen molar-refractivity contribution in [2.75, 3.05) is 13.6 Å². The van der Waals surface area contributed by atoms with Crippen LogP contribution in [0.4, 0.5) is 4.79 Å². The van der Waals surface area contributed by atoms with Crippen LogP contribution in [0.5, 0.6) is 0 Å². The van der Waals surface area contributed by atoms with Gasteiger partial charge in [0, 0.05) is 19.6 Å². The summed E-state index contributed by atoms with van der Waals surface area (Å²) in [6.45, 7) is 5.81. The third kappa shape index (κ3) is 6.06. The molecule has 0 aromatic carbocycles. The Morgan fingerprint density at radius 1 is 1.56 bits per heavy atom. The zero-order chi connectivity index (χ0) is 12.6. The predicted molar refractivity (Wildman–Crippen MR) is 62.3 cm³/mol. The molecular formula is C11H20N2O3. The van der Waals surface area contributed by atoms with E-state index in [1.807, 2.05) is 6.92 Å². The second kappa shape index (κ2) is 7.73. The highest BCUT2D eigenvalue weighted by molar-refractivity contribution is 5.75. The van der Waals surface area contributed by atoms with Crippen LogP contribution in [-0.2, 0) is 4.79 Å². The molecule has 0 spiro atoms. The number of nitrogens with zero attached hydrogens (tertiary/aromatic N) is 1. The average molecular weight is 228 g/mol. The molecule has 0 aliphatic rings. The summed E-state index contributed by atoms with van der Waals surface area (Å²) in [5.41, 5.74) is 0. The van der Waals surface area contributed by atoms with Gasteiger partial charge in [-0.15, -0.1) is 6.58 Å². The summed E-state index contributed by atoms with van der Waals surface area (Å²) in [5, 5.41) is 11.3. The van der Waals surface area contributed by atoms with Gasteiger partial charge in [0.05, 0.1) is 6.42 Å². The molecular weight excluding hydrogens is 208 g/mol. The van der Waals surface area contributed by atoms with E-state index in [1.54, 1.807) is 13.1 Å². The van der Waals surface area contributed by atoms with Crippen molar-refractivity contribution in [2.24, 2.45) is 0 Å². The van der Waals surface area contributed by atoms with Gasteiger partial charge in [0.1, 0.15) is 0 Å². The standard InChI is InChI=1S/C11H20N2O3/c1-4-6-9(5-2)12-11(16)13(3)8-7-10(14)15/h4,9H,1,5-8H2,2-3H3,(H,12,16)(H,14,15). The van der Waals surface area contributed by atoms with E-state index in [0.717, 1.165) is 12.8 Å². The van der Waals surface area contributed by atoms with Crippen molar-refractivity contribution in [2.45, 2.75) is 32.2 Å². The smallest absolute Gasteiger partial charge is 0.317 e. The third-order valence-electron chi connectivity index (χ3n) is 2.28. The second-order valence-corrected chi connectivity index (χ2v) is 3.64. The van der Waals surface area contributed by atoms with E-state index in [2.05, 4.69) is 11.9 Å². The minimum absolute atomic E-state index is 0.0395. The summed E-state index contributed by atoms with van der Waals surface area (Å²) in [6, 6.07) is -0.174. The molecule has 5 heteroatoms. The number of aliphatic carboxylic acids is 1. The van der Waals surface area contributed by atoms with Gasteiger partial charge in [0.15, 0.2) is 0 Å². The molecule has 1 unspecified atom stereocenters. The molecule has 0 aromatic heterocycles. The molecule has 1 atom stereocenters. The molecule has 0 bridgehead atoms. The van der Waals surface area contributed by atoms with Crippen LogP contribution in [-0.4, -0.2) is 41.6 Å². The number of carbonyl (C=O) groups excluding carboxylic acids is 1. The Labute approximate surface area is 96.1 Å². The summed E-state index contributed by atoms with van der Waals surface area (Å²) in [5.74, 6) is -0.905. The molecule has 0 saturated carbocycles. The number of rotatable bonds is 7. The Hall–Kier alpha value is -1.52. The number of carboxylic acids is 1. The number of amides is 2. The highest BCUT2D eigenvalue weighted by Crippen LogP contribution is 1.99. The van der Waals surface area contributed by atoms with Crippen LogP contribution in [0.2, 0.25) is 0 Å². The number of carboxylic acid groups (broad SMARTS) is 1. The Morgan fingerprint density at radius 2 is 2.19 bits per heavy atom. The van der Waals surface area contributed by atoms with Gasteiger partial charge in [0.25, 0.3) is 0 Å². The number of hydrogen-bond acceptors (Lipinski definition) is 2. The van der Waals surface area contributed by atoms with Crippen LogP contribution in [0.15, 0.2) is 12.7 Å². The quantitative estimate of drug-likeness (QED) is 0.648. The molecule has 0 radical (unpaired) electrons. The molecule has 0 heterocycles. The lowest BCUT2D eigenvalue weighted by atomic mass is 10.1. The van der Waals surface area contributed by atoms with Gasteiger partial charge in [-0.1, -0.05) is 13.0 Å². The molecule has 0 rings (SSSR count).